The number of hydrogen-bond donors (Lipinski definition) is 0. The zero-order chi connectivity index (χ0) is 17.2. The van der Waals surface area contributed by atoms with Gasteiger partial charge in [-0.3, -0.25) is 0 Å². The van der Waals surface area contributed by atoms with Crippen molar-refractivity contribution < 1.29 is 8.85 Å². The van der Waals surface area contributed by atoms with Crippen molar-refractivity contribution in [1.82, 2.24) is 0 Å². The molecule has 0 saturated carbocycles. The molecule has 0 amide bonds. The van der Waals surface area contributed by atoms with Crippen molar-refractivity contribution in [2.75, 3.05) is 13.2 Å². The third kappa shape index (κ3) is 3.74. The van der Waals surface area contributed by atoms with Crippen molar-refractivity contribution in [2.24, 2.45) is 0 Å². The van der Waals surface area contributed by atoms with E-state index >= 15 is 0 Å². The monoisotopic (exact) mass is 394 g/mol. The second kappa shape index (κ2) is 7.64. The summed E-state index contributed by atoms with van der Waals surface area (Å²) in [6, 6.07) is 13.2. The zero-order valence-corrected chi connectivity index (χ0v) is 17.9. The molecule has 0 N–H and O–H groups in total. The first-order valence-electron chi connectivity index (χ1n) is 8.11. The Morgan fingerprint density at radius 3 is 1.79 bits per heavy atom. The SMILES string of the molecule is CCO[Si](C)(OCC)c1ccc(-c2ccc(-c3ccc(C)s3)s2)s1. The molecular formula is C18H22O2S3Si. The topological polar surface area (TPSA) is 18.5 Å². The van der Waals surface area contributed by atoms with Crippen LogP contribution in [0.15, 0.2) is 36.4 Å². The van der Waals surface area contributed by atoms with Crippen LogP contribution in [0.3, 0.4) is 0 Å². The summed E-state index contributed by atoms with van der Waals surface area (Å²) in [7, 11) is -2.27. The maximum Gasteiger partial charge on any atom is 0.379 e. The lowest BCUT2D eigenvalue weighted by molar-refractivity contribution is 0.203. The predicted octanol–water partition coefficient (Wildman–Crippen LogP) is 5.87. The molecule has 0 aliphatic carbocycles. The van der Waals surface area contributed by atoms with E-state index in [1.165, 1.54) is 28.9 Å². The molecule has 0 radical (unpaired) electrons. The standard InChI is InChI=1S/C18H22O2S3Si/c1-5-19-24(4,20-6-2)18-12-11-17(23-18)16-10-9-15(22-16)14-8-7-13(3)21-14/h7-12H,5-6H2,1-4H3. The minimum atomic E-state index is -2.27. The van der Waals surface area contributed by atoms with Crippen molar-refractivity contribution in [3.63, 3.8) is 0 Å². The molecule has 0 saturated heterocycles. The third-order valence-corrected chi connectivity index (χ3v) is 11.3. The first-order valence-corrected chi connectivity index (χ1v) is 12.9. The van der Waals surface area contributed by atoms with Gasteiger partial charge in [0.05, 0.1) is 0 Å². The Balaban J connectivity index is 1.86. The highest BCUT2D eigenvalue weighted by Crippen LogP contribution is 2.39. The molecule has 24 heavy (non-hydrogen) atoms. The molecule has 0 bridgehead atoms. The Labute approximate surface area is 157 Å². The highest BCUT2D eigenvalue weighted by Gasteiger charge is 2.35. The van der Waals surface area contributed by atoms with Crippen LogP contribution in [0, 0.1) is 6.92 Å². The molecule has 0 spiro atoms. The highest BCUT2D eigenvalue weighted by molar-refractivity contribution is 7.30. The van der Waals surface area contributed by atoms with Crippen molar-refractivity contribution in [2.45, 2.75) is 27.3 Å². The van der Waals surface area contributed by atoms with E-state index in [2.05, 4.69) is 49.9 Å². The summed E-state index contributed by atoms with van der Waals surface area (Å²) in [4.78, 5) is 6.66. The molecule has 0 aromatic carbocycles. The van der Waals surface area contributed by atoms with Crippen LogP contribution >= 0.6 is 34.0 Å². The predicted molar refractivity (Wildman–Crippen MR) is 110 cm³/mol. The van der Waals surface area contributed by atoms with Crippen molar-refractivity contribution in [3.8, 4) is 19.5 Å². The lowest BCUT2D eigenvalue weighted by atomic mass is 10.3. The number of thiophene rings is 3. The smallest absolute Gasteiger partial charge is 0.379 e. The van der Waals surface area contributed by atoms with E-state index in [4.69, 9.17) is 8.85 Å². The van der Waals surface area contributed by atoms with Gasteiger partial charge in [0, 0.05) is 42.1 Å². The van der Waals surface area contributed by atoms with E-state index in [9.17, 15) is 0 Å². The second-order valence-corrected chi connectivity index (χ2v) is 12.4. The average molecular weight is 395 g/mol. The van der Waals surface area contributed by atoms with Crippen LogP contribution in [0.1, 0.15) is 18.7 Å². The fraction of sp³-hybridized carbons (Fsp3) is 0.333. The van der Waals surface area contributed by atoms with Gasteiger partial charge in [-0.25, -0.2) is 0 Å². The molecule has 0 aliphatic rings. The molecule has 3 aromatic rings. The number of aryl methyl sites for hydroxylation is 1. The van der Waals surface area contributed by atoms with Crippen LogP contribution in [0.25, 0.3) is 19.5 Å². The first kappa shape index (κ1) is 18.0. The van der Waals surface area contributed by atoms with E-state index in [1.54, 1.807) is 0 Å². The summed E-state index contributed by atoms with van der Waals surface area (Å²) in [6.45, 7) is 9.75. The Morgan fingerprint density at radius 2 is 1.25 bits per heavy atom. The van der Waals surface area contributed by atoms with Gasteiger partial charge in [-0.15, -0.1) is 34.0 Å². The van der Waals surface area contributed by atoms with Crippen LogP contribution in [-0.2, 0) is 8.85 Å². The first-order chi connectivity index (χ1) is 11.6. The van der Waals surface area contributed by atoms with Gasteiger partial charge in [0.15, 0.2) is 0 Å². The quantitative estimate of drug-likeness (QED) is 0.467. The van der Waals surface area contributed by atoms with Crippen LogP contribution in [-0.4, -0.2) is 21.8 Å². The summed E-state index contributed by atoms with van der Waals surface area (Å²) in [6.07, 6.45) is 0. The maximum atomic E-state index is 6.01. The number of hydrogen-bond acceptors (Lipinski definition) is 5. The number of rotatable bonds is 7. The third-order valence-electron chi connectivity index (χ3n) is 3.73. The van der Waals surface area contributed by atoms with Crippen molar-refractivity contribution >= 4 is 47.1 Å². The molecule has 0 fully saturated rings. The van der Waals surface area contributed by atoms with Crippen LogP contribution in [0.2, 0.25) is 6.55 Å². The molecular weight excluding hydrogens is 372 g/mol. The van der Waals surface area contributed by atoms with E-state index in [-0.39, 0.29) is 0 Å². The van der Waals surface area contributed by atoms with Gasteiger partial charge >= 0.3 is 8.56 Å². The summed E-state index contributed by atoms with van der Waals surface area (Å²) < 4.78 is 13.3. The van der Waals surface area contributed by atoms with E-state index in [0.29, 0.717) is 13.2 Å². The van der Waals surface area contributed by atoms with Crippen molar-refractivity contribution in [3.05, 3.63) is 41.3 Å². The fourth-order valence-electron chi connectivity index (χ4n) is 2.62. The van der Waals surface area contributed by atoms with Gasteiger partial charge in [-0.1, -0.05) is 0 Å². The minimum absolute atomic E-state index is 0.691. The molecule has 128 valence electrons. The van der Waals surface area contributed by atoms with E-state index in [0.717, 1.165) is 0 Å². The van der Waals surface area contributed by atoms with Crippen molar-refractivity contribution in [1.29, 1.82) is 0 Å². The average Bonchev–Trinajstić information content (AvgIpc) is 3.27. The minimum Gasteiger partial charge on any atom is -0.391 e. The molecule has 3 heterocycles. The van der Waals surface area contributed by atoms with Gasteiger partial charge in [-0.05, 0) is 63.7 Å². The van der Waals surface area contributed by atoms with E-state index < -0.39 is 8.56 Å². The lowest BCUT2D eigenvalue weighted by Gasteiger charge is -2.24. The normalized spacial score (nSPS) is 12.0. The van der Waals surface area contributed by atoms with Gasteiger partial charge in [-0.2, -0.15) is 0 Å². The second-order valence-electron chi connectivity index (χ2n) is 5.55. The largest absolute Gasteiger partial charge is 0.391 e. The van der Waals surface area contributed by atoms with E-state index in [1.807, 2.05) is 47.9 Å². The molecule has 3 rings (SSSR count). The Kier molecular flexibility index (Phi) is 5.74. The summed E-state index contributed by atoms with van der Waals surface area (Å²) in [5.74, 6) is 0. The Bertz CT molecular complexity index is 797. The van der Waals surface area contributed by atoms with Gasteiger partial charge < -0.3 is 8.85 Å². The summed E-state index contributed by atoms with van der Waals surface area (Å²) >= 11 is 5.52. The van der Waals surface area contributed by atoms with Crippen LogP contribution in [0.4, 0.5) is 0 Å². The molecule has 6 heteroatoms. The van der Waals surface area contributed by atoms with Crippen LogP contribution < -0.4 is 4.50 Å². The molecule has 0 aliphatic heterocycles. The molecule has 3 aromatic heterocycles. The maximum absolute atomic E-state index is 6.01. The Morgan fingerprint density at radius 1 is 0.750 bits per heavy atom. The summed E-state index contributed by atoms with van der Waals surface area (Å²) in [5.41, 5.74) is 0. The molecule has 0 unspecified atom stereocenters. The van der Waals surface area contributed by atoms with Gasteiger partial charge in [0.1, 0.15) is 0 Å². The Hall–Kier alpha value is -0.763. The van der Waals surface area contributed by atoms with Gasteiger partial charge in [0.2, 0.25) is 0 Å². The lowest BCUT2D eigenvalue weighted by Crippen LogP contribution is -2.49. The highest BCUT2D eigenvalue weighted by atomic mass is 32.1. The fourth-order valence-corrected chi connectivity index (χ4v) is 8.71. The van der Waals surface area contributed by atoms with Crippen LogP contribution in [0.5, 0.6) is 0 Å². The zero-order valence-electron chi connectivity index (χ0n) is 14.4. The molecule has 0 atom stereocenters. The summed E-state index contributed by atoms with van der Waals surface area (Å²) in [5, 5.41) is 0. The van der Waals surface area contributed by atoms with Gasteiger partial charge in [0.25, 0.3) is 0 Å². The molecule has 2 nitrogen and oxygen atoms in total.